The van der Waals surface area contributed by atoms with E-state index in [4.69, 9.17) is 11.5 Å². The Kier molecular flexibility index (Phi) is 2.33. The number of fused-ring (bicyclic) bond motifs is 3. The van der Waals surface area contributed by atoms with Crippen LogP contribution in [0.2, 0.25) is 0 Å². The van der Waals surface area contributed by atoms with E-state index in [1.165, 1.54) is 44.9 Å². The molecule has 1 spiro atoms. The van der Waals surface area contributed by atoms with Crippen molar-refractivity contribution in [2.45, 2.75) is 51.0 Å². The van der Waals surface area contributed by atoms with Crippen LogP contribution in [0.25, 0.3) is 0 Å². The molecule has 0 saturated heterocycles. The minimum Gasteiger partial charge on any atom is -0.330 e. The van der Waals surface area contributed by atoms with E-state index in [0.717, 1.165) is 24.3 Å². The monoisotopic (exact) mass is 208 g/mol. The third-order valence-corrected chi connectivity index (χ3v) is 5.71. The van der Waals surface area contributed by atoms with Crippen LogP contribution in [-0.4, -0.2) is 12.6 Å². The second-order valence-electron chi connectivity index (χ2n) is 6.23. The lowest BCUT2D eigenvalue weighted by Gasteiger charge is -2.47. The van der Waals surface area contributed by atoms with Gasteiger partial charge in [0.1, 0.15) is 0 Å². The largest absolute Gasteiger partial charge is 0.330 e. The number of rotatable bonds is 1. The average Bonchev–Trinajstić information content (AvgIpc) is 2.84. The molecule has 15 heavy (non-hydrogen) atoms. The number of hydrogen-bond acceptors (Lipinski definition) is 2. The molecule has 0 aromatic heterocycles. The van der Waals surface area contributed by atoms with Crippen molar-refractivity contribution in [3.8, 4) is 0 Å². The Morgan fingerprint density at radius 2 is 2.07 bits per heavy atom. The Morgan fingerprint density at radius 1 is 1.20 bits per heavy atom. The molecule has 0 aromatic rings. The lowest BCUT2D eigenvalue weighted by atomic mass is 9.59. The van der Waals surface area contributed by atoms with Gasteiger partial charge < -0.3 is 11.5 Å². The zero-order valence-electron chi connectivity index (χ0n) is 9.62. The molecule has 3 rings (SSSR count). The summed E-state index contributed by atoms with van der Waals surface area (Å²) >= 11 is 0. The van der Waals surface area contributed by atoms with Gasteiger partial charge in [-0.1, -0.05) is 6.42 Å². The Labute approximate surface area is 92.8 Å². The summed E-state index contributed by atoms with van der Waals surface area (Å²) in [7, 11) is 0. The fraction of sp³-hybridized carbons (Fsp3) is 1.00. The second-order valence-corrected chi connectivity index (χ2v) is 6.23. The van der Waals surface area contributed by atoms with Crippen LogP contribution >= 0.6 is 0 Å². The molecule has 0 aromatic carbocycles. The summed E-state index contributed by atoms with van der Waals surface area (Å²) in [6.07, 6.45) is 9.74. The zero-order chi connectivity index (χ0) is 10.5. The Hall–Kier alpha value is -0.0800. The highest BCUT2D eigenvalue weighted by atomic mass is 14.8. The lowest BCUT2D eigenvalue weighted by Crippen LogP contribution is -2.49. The minimum absolute atomic E-state index is 0.505. The van der Waals surface area contributed by atoms with Gasteiger partial charge in [-0.3, -0.25) is 0 Å². The van der Waals surface area contributed by atoms with Crippen molar-refractivity contribution in [3.63, 3.8) is 0 Å². The van der Waals surface area contributed by atoms with Crippen LogP contribution in [0.5, 0.6) is 0 Å². The first kappa shape index (κ1) is 10.1. The summed E-state index contributed by atoms with van der Waals surface area (Å²) in [5.74, 6) is 2.57. The minimum atomic E-state index is 0.505. The zero-order valence-corrected chi connectivity index (χ0v) is 9.62. The quantitative estimate of drug-likeness (QED) is 0.691. The molecule has 3 aliphatic rings. The van der Waals surface area contributed by atoms with Crippen molar-refractivity contribution in [2.75, 3.05) is 6.54 Å². The molecule has 2 bridgehead atoms. The van der Waals surface area contributed by atoms with Crippen LogP contribution in [0.4, 0.5) is 0 Å². The molecule has 0 radical (unpaired) electrons. The van der Waals surface area contributed by atoms with Gasteiger partial charge in [0.05, 0.1) is 0 Å². The van der Waals surface area contributed by atoms with Crippen molar-refractivity contribution >= 4 is 0 Å². The molecule has 86 valence electrons. The first-order valence-electron chi connectivity index (χ1n) is 6.72. The van der Waals surface area contributed by atoms with Crippen LogP contribution < -0.4 is 11.5 Å². The maximum atomic E-state index is 6.51. The van der Waals surface area contributed by atoms with E-state index in [1.54, 1.807) is 0 Å². The normalized spacial score (nSPS) is 54.0. The Balaban J connectivity index is 1.83. The van der Waals surface area contributed by atoms with E-state index in [-0.39, 0.29) is 0 Å². The fourth-order valence-electron chi connectivity index (χ4n) is 4.94. The summed E-state index contributed by atoms with van der Waals surface area (Å²) < 4.78 is 0. The van der Waals surface area contributed by atoms with Crippen LogP contribution in [0.3, 0.4) is 0 Å². The van der Waals surface area contributed by atoms with E-state index in [0.29, 0.717) is 11.5 Å². The van der Waals surface area contributed by atoms with Crippen LogP contribution in [0, 0.1) is 23.2 Å². The maximum Gasteiger partial charge on any atom is 0.0127 e. The van der Waals surface area contributed by atoms with Gasteiger partial charge in [0.15, 0.2) is 0 Å². The highest BCUT2D eigenvalue weighted by Gasteiger charge is 2.57. The van der Waals surface area contributed by atoms with Crippen molar-refractivity contribution in [1.82, 2.24) is 0 Å². The highest BCUT2D eigenvalue weighted by molar-refractivity contribution is 5.10. The van der Waals surface area contributed by atoms with Gasteiger partial charge in [0, 0.05) is 6.04 Å². The fourth-order valence-corrected chi connectivity index (χ4v) is 4.94. The SMILES string of the molecule is NC[C@@H]1CCC[C@@]2(C1)[C@H]1CC[C@H](C1)[C@H]2N. The lowest BCUT2D eigenvalue weighted by molar-refractivity contribution is 0.0505. The standard InChI is InChI=1S/C13H24N2/c14-8-9-2-1-5-13(7-9)11-4-3-10(6-11)12(13)15/h9-12H,1-8,14-15H2/t9-,10-,11+,12-,13-/m1/s1. The number of nitrogens with two attached hydrogens (primary N) is 2. The summed E-state index contributed by atoms with van der Waals surface area (Å²) in [4.78, 5) is 0. The molecule has 2 nitrogen and oxygen atoms in total. The summed E-state index contributed by atoms with van der Waals surface area (Å²) in [6.45, 7) is 0.881. The molecular formula is C13H24N2. The second kappa shape index (κ2) is 3.46. The van der Waals surface area contributed by atoms with Crippen molar-refractivity contribution in [1.29, 1.82) is 0 Å². The molecule has 3 fully saturated rings. The molecule has 0 unspecified atom stereocenters. The average molecular weight is 208 g/mol. The van der Waals surface area contributed by atoms with Gasteiger partial charge in [0.2, 0.25) is 0 Å². The third kappa shape index (κ3) is 1.31. The first-order valence-corrected chi connectivity index (χ1v) is 6.72. The van der Waals surface area contributed by atoms with Gasteiger partial charge in [-0.25, -0.2) is 0 Å². The Morgan fingerprint density at radius 3 is 2.73 bits per heavy atom. The van der Waals surface area contributed by atoms with Crippen LogP contribution in [0.1, 0.15) is 44.9 Å². The van der Waals surface area contributed by atoms with Gasteiger partial charge in [0.25, 0.3) is 0 Å². The predicted octanol–water partition coefficient (Wildman–Crippen LogP) is 1.88. The summed E-state index contributed by atoms with van der Waals surface area (Å²) in [5.41, 5.74) is 12.9. The summed E-state index contributed by atoms with van der Waals surface area (Å²) in [6, 6.07) is 0.505. The van der Waals surface area contributed by atoms with E-state index in [9.17, 15) is 0 Å². The maximum absolute atomic E-state index is 6.51. The van der Waals surface area contributed by atoms with E-state index >= 15 is 0 Å². The topological polar surface area (TPSA) is 52.0 Å². The highest BCUT2D eigenvalue weighted by Crippen LogP contribution is 2.61. The van der Waals surface area contributed by atoms with Crippen LogP contribution in [-0.2, 0) is 0 Å². The molecule has 3 aliphatic carbocycles. The van der Waals surface area contributed by atoms with Gasteiger partial charge in [-0.15, -0.1) is 0 Å². The Bertz CT molecular complexity index is 249. The van der Waals surface area contributed by atoms with Gasteiger partial charge in [-0.2, -0.15) is 0 Å². The summed E-state index contributed by atoms with van der Waals surface area (Å²) in [5, 5.41) is 0. The van der Waals surface area contributed by atoms with E-state index < -0.39 is 0 Å². The number of hydrogen-bond donors (Lipinski definition) is 2. The third-order valence-electron chi connectivity index (χ3n) is 5.71. The van der Waals surface area contributed by atoms with Crippen molar-refractivity contribution in [2.24, 2.45) is 34.6 Å². The predicted molar refractivity (Wildman–Crippen MR) is 62.3 cm³/mol. The van der Waals surface area contributed by atoms with Crippen LogP contribution in [0.15, 0.2) is 0 Å². The molecule has 0 heterocycles. The van der Waals surface area contributed by atoms with E-state index in [1.807, 2.05) is 0 Å². The van der Waals surface area contributed by atoms with Crippen molar-refractivity contribution in [3.05, 3.63) is 0 Å². The molecule has 0 aliphatic heterocycles. The smallest absolute Gasteiger partial charge is 0.0127 e. The van der Waals surface area contributed by atoms with Crippen molar-refractivity contribution < 1.29 is 0 Å². The molecule has 3 saturated carbocycles. The van der Waals surface area contributed by atoms with E-state index in [2.05, 4.69) is 0 Å². The molecular weight excluding hydrogens is 184 g/mol. The molecule has 0 amide bonds. The molecule has 2 heteroatoms. The van der Waals surface area contributed by atoms with Gasteiger partial charge >= 0.3 is 0 Å². The molecule has 4 N–H and O–H groups in total. The first-order chi connectivity index (χ1) is 7.26. The van der Waals surface area contributed by atoms with Gasteiger partial charge in [-0.05, 0) is 68.2 Å². The molecule has 5 atom stereocenters.